The highest BCUT2D eigenvalue weighted by Gasteiger charge is 2.41. The molecule has 0 aromatic heterocycles. The van der Waals surface area contributed by atoms with Crippen LogP contribution in [0.15, 0.2) is 79.4 Å². The lowest BCUT2D eigenvalue weighted by Gasteiger charge is -2.45. The summed E-state index contributed by atoms with van der Waals surface area (Å²) in [6, 6.07) is 9.25. The highest BCUT2D eigenvalue weighted by atomic mass is 19.4. The minimum absolute atomic E-state index is 0.0845. The maximum absolute atomic E-state index is 14.2. The van der Waals surface area contributed by atoms with Crippen molar-refractivity contribution in [3.63, 3.8) is 0 Å². The number of halogens is 9. The van der Waals surface area contributed by atoms with Gasteiger partial charge in [0.1, 0.15) is 23.3 Å². The molecule has 0 saturated heterocycles. The Morgan fingerprint density at radius 1 is 0.600 bits per heavy atom. The number of unbranched alkanes of at least 4 members (excludes halogenated alkanes) is 3. The van der Waals surface area contributed by atoms with Crippen molar-refractivity contribution >= 4 is 7.32 Å². The van der Waals surface area contributed by atoms with Crippen LogP contribution in [0.4, 0.5) is 39.5 Å². The molecule has 0 aliphatic heterocycles. The van der Waals surface area contributed by atoms with Crippen LogP contribution in [0.1, 0.15) is 87.6 Å². The van der Waals surface area contributed by atoms with Gasteiger partial charge in [-0.25, -0.2) is 0 Å². The van der Waals surface area contributed by atoms with E-state index in [4.69, 9.17) is 14.0 Å². The van der Waals surface area contributed by atoms with Crippen LogP contribution >= 0.6 is 0 Å². The van der Waals surface area contributed by atoms with Crippen LogP contribution < -0.4 is 14.0 Å². The van der Waals surface area contributed by atoms with Gasteiger partial charge in [0.2, 0.25) is 0 Å². The molecule has 0 aliphatic rings. The van der Waals surface area contributed by atoms with Gasteiger partial charge in [0.15, 0.2) is 0 Å². The zero-order valence-corrected chi connectivity index (χ0v) is 28.2. The zero-order chi connectivity index (χ0) is 37.2. The molecule has 0 N–H and O–H groups in total. The summed E-state index contributed by atoms with van der Waals surface area (Å²) in [6.07, 6.45) is -7.47. The molecule has 0 spiro atoms. The van der Waals surface area contributed by atoms with Crippen molar-refractivity contribution in [2.75, 3.05) is 19.6 Å². The van der Waals surface area contributed by atoms with E-state index in [1.54, 1.807) is 6.08 Å². The van der Waals surface area contributed by atoms with E-state index in [0.717, 1.165) is 105 Å². The first kappa shape index (κ1) is 40.6. The van der Waals surface area contributed by atoms with E-state index in [1.165, 1.54) is 0 Å². The fourth-order valence-corrected chi connectivity index (χ4v) is 5.72. The molecular weight excluding hydrogens is 676 g/mol. The van der Waals surface area contributed by atoms with Crippen molar-refractivity contribution in [3.8, 4) is 17.2 Å². The summed E-state index contributed by atoms with van der Waals surface area (Å²) >= 11 is 0. The SMILES string of the molecule is C=CC(c1cc(C(F)(F)F)ccc1OB(Oc1ccc(C(F)(F)F)cc1)Oc1ccc(C(F)(F)F)cc1)[N+](CCCC)(CCCC)CCCC. The van der Waals surface area contributed by atoms with E-state index in [2.05, 4.69) is 6.58 Å². The summed E-state index contributed by atoms with van der Waals surface area (Å²) in [7, 11) is -1.85. The standard InChI is InChI=1S/C36H42BF9NO3/c1-5-9-22-47(23-10-6-2,24-11-7-3)32(8-4)31-25-28(36(44,45)46)16-21-33(31)50-37(48-29-17-12-26(13-18-29)34(38,39)40)49-30-19-14-27(15-20-30)35(41,42)43/h8,12-21,25,32H,4-7,9-11,22-24H2,1-3H3/q+1. The van der Waals surface area contributed by atoms with Crippen LogP contribution in [0.25, 0.3) is 0 Å². The summed E-state index contributed by atoms with van der Waals surface area (Å²) in [4.78, 5) is 0. The third kappa shape index (κ3) is 11.1. The number of alkyl halides is 9. The third-order valence-corrected chi connectivity index (χ3v) is 8.39. The van der Waals surface area contributed by atoms with Gasteiger partial charge in [-0.3, -0.25) is 0 Å². The van der Waals surface area contributed by atoms with E-state index in [-0.39, 0.29) is 22.8 Å². The van der Waals surface area contributed by atoms with Crippen molar-refractivity contribution in [3.05, 3.63) is 102 Å². The zero-order valence-electron chi connectivity index (χ0n) is 28.2. The highest BCUT2D eigenvalue weighted by molar-refractivity contribution is 6.39. The molecule has 3 aromatic carbocycles. The Labute approximate surface area is 287 Å². The van der Waals surface area contributed by atoms with Gasteiger partial charge in [-0.15, -0.1) is 0 Å². The molecule has 0 radical (unpaired) electrons. The Kier molecular flexibility index (Phi) is 14.1. The van der Waals surface area contributed by atoms with Gasteiger partial charge in [0.25, 0.3) is 0 Å². The summed E-state index contributed by atoms with van der Waals surface area (Å²) in [6.45, 7) is 12.1. The number of nitrogens with zero attached hydrogens (tertiary/aromatic N) is 1. The molecule has 0 aliphatic carbocycles. The molecule has 50 heavy (non-hydrogen) atoms. The van der Waals surface area contributed by atoms with Gasteiger partial charge in [0, 0.05) is 0 Å². The Morgan fingerprint density at radius 3 is 1.32 bits per heavy atom. The number of benzene rings is 3. The molecule has 0 heterocycles. The van der Waals surface area contributed by atoms with Crippen molar-refractivity contribution in [2.24, 2.45) is 0 Å². The Hall–Kier alpha value is -3.81. The van der Waals surface area contributed by atoms with E-state index in [9.17, 15) is 39.5 Å². The molecule has 1 atom stereocenters. The lowest BCUT2D eigenvalue weighted by Crippen LogP contribution is -2.52. The summed E-state index contributed by atoms with van der Waals surface area (Å²) in [5.74, 6) is -0.413. The van der Waals surface area contributed by atoms with Gasteiger partial charge in [-0.05, 0) is 92.1 Å². The topological polar surface area (TPSA) is 27.7 Å². The van der Waals surface area contributed by atoms with Gasteiger partial charge in [0.05, 0.1) is 41.9 Å². The molecule has 1 unspecified atom stereocenters. The number of quaternary nitrogens is 1. The summed E-state index contributed by atoms with van der Waals surface area (Å²) in [5.41, 5.74) is -2.74. The summed E-state index contributed by atoms with van der Waals surface area (Å²) in [5, 5.41) is 0. The largest absolute Gasteiger partial charge is 0.864 e. The molecule has 0 amide bonds. The molecule has 0 saturated carbocycles. The van der Waals surface area contributed by atoms with Crippen LogP contribution in [-0.2, 0) is 18.5 Å². The van der Waals surface area contributed by atoms with Gasteiger partial charge in [-0.1, -0.05) is 46.6 Å². The second-order valence-electron chi connectivity index (χ2n) is 12.1. The van der Waals surface area contributed by atoms with Crippen molar-refractivity contribution < 1.29 is 58.0 Å². The van der Waals surface area contributed by atoms with Crippen LogP contribution in [0.2, 0.25) is 0 Å². The van der Waals surface area contributed by atoms with Gasteiger partial charge in [-0.2, -0.15) is 39.5 Å². The molecular formula is C36H42BF9NO3+. The van der Waals surface area contributed by atoms with Crippen LogP contribution in [0, 0.1) is 0 Å². The van der Waals surface area contributed by atoms with Gasteiger partial charge >= 0.3 is 25.9 Å². The van der Waals surface area contributed by atoms with Crippen LogP contribution in [0.5, 0.6) is 17.2 Å². The maximum Gasteiger partial charge on any atom is 0.864 e. The van der Waals surface area contributed by atoms with Crippen LogP contribution in [0.3, 0.4) is 0 Å². The first-order valence-corrected chi connectivity index (χ1v) is 16.5. The van der Waals surface area contributed by atoms with Crippen molar-refractivity contribution in [1.82, 2.24) is 0 Å². The van der Waals surface area contributed by atoms with Crippen molar-refractivity contribution in [1.29, 1.82) is 0 Å². The Balaban J connectivity index is 2.17. The van der Waals surface area contributed by atoms with Crippen LogP contribution in [-0.4, -0.2) is 31.4 Å². The Bertz CT molecular complexity index is 1410. The first-order valence-electron chi connectivity index (χ1n) is 16.5. The quantitative estimate of drug-likeness (QED) is 0.0567. The lowest BCUT2D eigenvalue weighted by molar-refractivity contribution is -0.951. The lowest BCUT2D eigenvalue weighted by atomic mass is 9.95. The second kappa shape index (κ2) is 17.4. The maximum atomic E-state index is 14.2. The molecule has 4 nitrogen and oxygen atoms in total. The first-order chi connectivity index (χ1) is 23.5. The highest BCUT2D eigenvalue weighted by Crippen LogP contribution is 2.41. The number of hydrogen-bond acceptors (Lipinski definition) is 3. The third-order valence-electron chi connectivity index (χ3n) is 8.39. The monoisotopic (exact) mass is 718 g/mol. The average Bonchev–Trinajstić information content (AvgIpc) is 3.05. The molecule has 0 bridgehead atoms. The average molecular weight is 719 g/mol. The summed E-state index contributed by atoms with van der Waals surface area (Å²) < 4.78 is 140. The molecule has 3 rings (SSSR count). The van der Waals surface area contributed by atoms with Crippen molar-refractivity contribution in [2.45, 2.75) is 83.9 Å². The van der Waals surface area contributed by atoms with Gasteiger partial charge < -0.3 is 18.4 Å². The molecule has 274 valence electrons. The minimum atomic E-state index is -4.71. The van der Waals surface area contributed by atoms with E-state index < -0.39 is 48.6 Å². The Morgan fingerprint density at radius 2 is 0.980 bits per heavy atom. The fourth-order valence-electron chi connectivity index (χ4n) is 5.72. The second-order valence-corrected chi connectivity index (χ2v) is 12.1. The molecule has 0 fully saturated rings. The fraction of sp³-hybridized carbons (Fsp3) is 0.444. The van der Waals surface area contributed by atoms with E-state index in [0.29, 0.717) is 24.1 Å². The predicted octanol–water partition coefficient (Wildman–Crippen LogP) is 11.7. The minimum Gasteiger partial charge on any atom is -0.490 e. The molecule has 14 heteroatoms. The number of hydrogen-bond donors (Lipinski definition) is 0. The number of rotatable bonds is 18. The van der Waals surface area contributed by atoms with E-state index >= 15 is 0 Å². The predicted molar refractivity (Wildman–Crippen MR) is 174 cm³/mol. The normalized spacial score (nSPS) is 13.1. The van der Waals surface area contributed by atoms with E-state index in [1.807, 2.05) is 20.8 Å². The smallest absolute Gasteiger partial charge is 0.490 e. The molecule has 3 aromatic rings.